The maximum Gasteiger partial charge on any atom is 0.162 e. The fraction of sp³-hybridized carbons (Fsp3) is 0.750. The summed E-state index contributed by atoms with van der Waals surface area (Å²) < 4.78 is 1.50. The molecular formula is C4H10N4. The molecular weight excluding hydrogens is 104 g/mol. The highest BCUT2D eigenvalue weighted by Gasteiger charge is 2.36. The average Bonchev–Trinajstić information content (AvgIpc) is 1.65. The van der Waals surface area contributed by atoms with Gasteiger partial charge in [0.2, 0.25) is 0 Å². The molecule has 4 N–H and O–H groups in total. The second-order valence-electron chi connectivity index (χ2n) is 2.10. The van der Waals surface area contributed by atoms with Crippen molar-refractivity contribution in [2.24, 2.45) is 11.5 Å². The van der Waals surface area contributed by atoms with E-state index in [1.807, 2.05) is 6.92 Å². The first kappa shape index (κ1) is 5.53. The molecule has 0 saturated carbocycles. The van der Waals surface area contributed by atoms with Crippen LogP contribution in [0, 0.1) is 0 Å². The van der Waals surface area contributed by atoms with Crippen LogP contribution >= 0.6 is 0 Å². The van der Waals surface area contributed by atoms with E-state index in [-0.39, 0.29) is 6.04 Å². The molecule has 1 fully saturated rings. The van der Waals surface area contributed by atoms with E-state index in [0.29, 0.717) is 0 Å². The monoisotopic (exact) mass is 114 g/mol. The predicted molar refractivity (Wildman–Crippen MR) is 31.3 cm³/mol. The molecule has 0 aromatic heterocycles. The Kier molecular flexibility index (Phi) is 0.835. The standard InChI is InChI=1S/C4H10N4/c1-3-4(5,6)7-8(3)2/h3H,2,5-6H2,1H3. The second-order valence-corrected chi connectivity index (χ2v) is 2.10. The molecule has 1 atom stereocenters. The second kappa shape index (κ2) is 1.21. The van der Waals surface area contributed by atoms with Crippen molar-refractivity contribution < 1.29 is 4.68 Å². The van der Waals surface area contributed by atoms with E-state index in [0.717, 1.165) is 0 Å². The Labute approximate surface area is 48.1 Å². The van der Waals surface area contributed by atoms with Gasteiger partial charge in [-0.05, 0) is 6.92 Å². The first-order chi connectivity index (χ1) is 3.54. The molecule has 0 aromatic rings. The van der Waals surface area contributed by atoms with Gasteiger partial charge in [-0.2, -0.15) is 0 Å². The van der Waals surface area contributed by atoms with Crippen molar-refractivity contribution in [3.8, 4) is 0 Å². The largest absolute Gasteiger partial charge is 0.401 e. The minimum absolute atomic E-state index is 0.0579. The van der Waals surface area contributed by atoms with Gasteiger partial charge in [-0.3, -0.25) is 4.68 Å². The van der Waals surface area contributed by atoms with E-state index < -0.39 is 5.79 Å². The van der Waals surface area contributed by atoms with Crippen molar-refractivity contribution in [2.75, 3.05) is 0 Å². The molecule has 0 bridgehead atoms. The van der Waals surface area contributed by atoms with Gasteiger partial charge in [0.1, 0.15) is 12.5 Å². The normalized spacial score (nSPS) is 33.4. The maximum absolute atomic E-state index is 5.38. The van der Waals surface area contributed by atoms with Gasteiger partial charge in [0.25, 0.3) is 0 Å². The number of nitrogens with two attached hydrogens (primary N) is 2. The summed E-state index contributed by atoms with van der Waals surface area (Å²) in [5.74, 6) is -0.859. The lowest BCUT2D eigenvalue weighted by Crippen LogP contribution is -2.69. The fourth-order valence-corrected chi connectivity index (χ4v) is 0.575. The first-order valence-electron chi connectivity index (χ1n) is 2.44. The molecule has 1 aliphatic heterocycles. The van der Waals surface area contributed by atoms with Gasteiger partial charge in [0.15, 0.2) is 6.04 Å². The highest BCUT2D eigenvalue weighted by atomic mass is 15.6. The first-order valence-corrected chi connectivity index (χ1v) is 2.44. The van der Waals surface area contributed by atoms with E-state index in [1.54, 1.807) is 0 Å². The number of rotatable bonds is 0. The summed E-state index contributed by atoms with van der Waals surface area (Å²) in [7, 11) is 0. The van der Waals surface area contributed by atoms with Crippen LogP contribution in [0.3, 0.4) is 0 Å². The van der Waals surface area contributed by atoms with Crippen LogP contribution < -0.4 is 11.5 Å². The van der Waals surface area contributed by atoms with Crippen molar-refractivity contribution in [3.63, 3.8) is 0 Å². The Morgan fingerprint density at radius 3 is 2.25 bits per heavy atom. The summed E-state index contributed by atoms with van der Waals surface area (Å²) in [4.78, 5) is 0. The zero-order valence-electron chi connectivity index (χ0n) is 4.83. The van der Waals surface area contributed by atoms with Crippen LogP contribution in [0.2, 0.25) is 0 Å². The molecule has 0 radical (unpaired) electrons. The number of hydrogen-bond acceptors (Lipinski definition) is 2. The molecule has 1 saturated heterocycles. The van der Waals surface area contributed by atoms with Crippen LogP contribution in [0.5, 0.6) is 0 Å². The van der Waals surface area contributed by atoms with Crippen molar-refractivity contribution in [3.05, 3.63) is 5.43 Å². The third kappa shape index (κ3) is 0.502. The third-order valence-electron chi connectivity index (χ3n) is 1.42. The fourth-order valence-electron chi connectivity index (χ4n) is 0.575. The van der Waals surface area contributed by atoms with Crippen LogP contribution in [-0.4, -0.2) is 23.2 Å². The third-order valence-corrected chi connectivity index (χ3v) is 1.42. The molecule has 46 valence electrons. The quantitative estimate of drug-likeness (QED) is 0.312. The van der Waals surface area contributed by atoms with Gasteiger partial charge >= 0.3 is 0 Å². The minimum Gasteiger partial charge on any atom is -0.401 e. The molecule has 1 unspecified atom stereocenters. The van der Waals surface area contributed by atoms with Crippen LogP contribution in [-0.2, 0) is 0 Å². The van der Waals surface area contributed by atoms with Gasteiger partial charge in [-0.25, -0.2) is 0 Å². The lowest BCUT2D eigenvalue weighted by atomic mass is 10.1. The lowest BCUT2D eigenvalue weighted by Gasteiger charge is -2.50. The Bertz CT molecular complexity index is 128. The summed E-state index contributed by atoms with van der Waals surface area (Å²) in [6, 6.07) is 0.0579. The van der Waals surface area contributed by atoms with Crippen molar-refractivity contribution in [2.45, 2.75) is 18.8 Å². The van der Waals surface area contributed by atoms with Crippen molar-refractivity contribution >= 4 is 6.72 Å². The summed E-state index contributed by atoms with van der Waals surface area (Å²) in [6.07, 6.45) is 0. The van der Waals surface area contributed by atoms with Crippen molar-refractivity contribution in [1.29, 1.82) is 0 Å². The van der Waals surface area contributed by atoms with Gasteiger partial charge in [-0.1, -0.05) is 0 Å². The van der Waals surface area contributed by atoms with Crippen LogP contribution in [0.25, 0.3) is 5.43 Å². The molecule has 1 aliphatic rings. The molecule has 4 nitrogen and oxygen atoms in total. The SMILES string of the molecule is C=[N+]1[N-]C(N)(N)C1C. The molecule has 0 amide bonds. The Morgan fingerprint density at radius 2 is 2.25 bits per heavy atom. The van der Waals surface area contributed by atoms with Gasteiger partial charge in [0.05, 0.1) is 0 Å². The van der Waals surface area contributed by atoms with Crippen LogP contribution in [0.1, 0.15) is 6.92 Å². The van der Waals surface area contributed by atoms with Crippen LogP contribution in [0.4, 0.5) is 0 Å². The van der Waals surface area contributed by atoms with E-state index in [9.17, 15) is 0 Å². The van der Waals surface area contributed by atoms with Gasteiger partial charge in [-0.15, -0.1) is 0 Å². The Hall–Kier alpha value is -0.610. The molecule has 0 aliphatic carbocycles. The summed E-state index contributed by atoms with van der Waals surface area (Å²) in [5.41, 5.74) is 14.5. The molecule has 8 heavy (non-hydrogen) atoms. The molecule has 0 aromatic carbocycles. The van der Waals surface area contributed by atoms with E-state index in [2.05, 4.69) is 12.1 Å². The maximum atomic E-state index is 5.38. The zero-order valence-corrected chi connectivity index (χ0v) is 4.83. The predicted octanol–water partition coefficient (Wildman–Crippen LogP) is -1.04. The summed E-state index contributed by atoms with van der Waals surface area (Å²) in [6.45, 7) is 5.40. The van der Waals surface area contributed by atoms with Gasteiger partial charge in [0, 0.05) is 0 Å². The molecule has 4 heteroatoms. The summed E-state index contributed by atoms with van der Waals surface area (Å²) in [5, 5.41) is 0. The van der Waals surface area contributed by atoms with E-state index in [4.69, 9.17) is 11.5 Å². The lowest BCUT2D eigenvalue weighted by molar-refractivity contribution is -0.586. The van der Waals surface area contributed by atoms with E-state index in [1.165, 1.54) is 4.68 Å². The highest BCUT2D eigenvalue weighted by molar-refractivity contribution is 5.20. The Balaban J connectivity index is 2.60. The molecule has 1 rings (SSSR count). The Morgan fingerprint density at radius 1 is 1.75 bits per heavy atom. The topological polar surface area (TPSA) is 69.1 Å². The smallest absolute Gasteiger partial charge is 0.162 e. The highest BCUT2D eigenvalue weighted by Crippen LogP contribution is 2.23. The minimum atomic E-state index is -0.859. The zero-order chi connectivity index (χ0) is 6.36. The van der Waals surface area contributed by atoms with E-state index >= 15 is 0 Å². The van der Waals surface area contributed by atoms with Crippen molar-refractivity contribution in [1.82, 2.24) is 0 Å². The molecule has 0 spiro atoms. The number of hydrogen-bond donors (Lipinski definition) is 2. The number of nitrogens with zero attached hydrogens (tertiary/aromatic N) is 2. The average molecular weight is 114 g/mol. The molecule has 1 heterocycles. The van der Waals surface area contributed by atoms with Gasteiger partial charge < -0.3 is 16.9 Å². The van der Waals surface area contributed by atoms with Crippen LogP contribution in [0.15, 0.2) is 0 Å². The summed E-state index contributed by atoms with van der Waals surface area (Å²) >= 11 is 0.